The Morgan fingerprint density at radius 1 is 1.46 bits per heavy atom. The lowest BCUT2D eigenvalue weighted by atomic mass is 9.93. The number of hydrogen-bond donors (Lipinski definition) is 0. The van der Waals surface area contributed by atoms with Gasteiger partial charge >= 0.3 is 0 Å². The molecule has 3 heterocycles. The van der Waals surface area contributed by atoms with Crippen LogP contribution < -0.4 is 0 Å². The number of nitrogens with zero attached hydrogens (tertiary/aromatic N) is 4. The molecule has 0 saturated carbocycles. The molecule has 1 aliphatic rings. The molecular formula is C17H24N4O2S. The number of imidazole rings is 1. The molecule has 1 fully saturated rings. The van der Waals surface area contributed by atoms with Crippen molar-refractivity contribution in [2.24, 2.45) is 0 Å². The molecule has 7 heteroatoms. The van der Waals surface area contributed by atoms with E-state index in [9.17, 15) is 4.79 Å². The number of ether oxygens (including phenoxy) is 1. The van der Waals surface area contributed by atoms with Crippen LogP contribution in [0.5, 0.6) is 0 Å². The van der Waals surface area contributed by atoms with Gasteiger partial charge in [-0.3, -0.25) is 4.79 Å². The third kappa shape index (κ3) is 3.67. The molecule has 1 aliphatic heterocycles. The molecular weight excluding hydrogens is 324 g/mol. The first-order valence-electron chi connectivity index (χ1n) is 8.17. The molecule has 1 atom stereocenters. The van der Waals surface area contributed by atoms with Crippen LogP contribution in [0.25, 0.3) is 0 Å². The van der Waals surface area contributed by atoms with Crippen molar-refractivity contribution in [2.45, 2.75) is 45.8 Å². The van der Waals surface area contributed by atoms with E-state index < -0.39 is 0 Å². The number of carbonyl (C=O) groups is 1. The molecule has 130 valence electrons. The maximum absolute atomic E-state index is 12.6. The van der Waals surface area contributed by atoms with Gasteiger partial charge in [0, 0.05) is 29.7 Å². The minimum atomic E-state index is -0.132. The molecule has 24 heavy (non-hydrogen) atoms. The predicted octanol–water partition coefficient (Wildman–Crippen LogP) is 2.55. The number of aryl methyl sites for hydroxylation is 1. The third-order valence-electron chi connectivity index (χ3n) is 4.21. The fraction of sp³-hybridized carbons (Fsp3) is 0.588. The number of rotatable bonds is 3. The summed E-state index contributed by atoms with van der Waals surface area (Å²) in [7, 11) is 0. The highest BCUT2D eigenvalue weighted by Crippen LogP contribution is 2.30. The average molecular weight is 348 g/mol. The zero-order chi connectivity index (χ0) is 17.3. The van der Waals surface area contributed by atoms with E-state index in [1.807, 2.05) is 22.6 Å². The Labute approximate surface area is 146 Å². The summed E-state index contributed by atoms with van der Waals surface area (Å²) in [5.74, 6) is 0.944. The van der Waals surface area contributed by atoms with E-state index in [0.29, 0.717) is 26.2 Å². The van der Waals surface area contributed by atoms with E-state index in [1.54, 1.807) is 17.5 Å². The Bertz CT molecular complexity index is 716. The largest absolute Gasteiger partial charge is 0.367 e. The first kappa shape index (κ1) is 17.1. The zero-order valence-corrected chi connectivity index (χ0v) is 15.5. The Morgan fingerprint density at radius 2 is 2.25 bits per heavy atom. The van der Waals surface area contributed by atoms with E-state index >= 15 is 0 Å². The quantitative estimate of drug-likeness (QED) is 0.855. The maximum atomic E-state index is 12.6. The lowest BCUT2D eigenvalue weighted by molar-refractivity contribution is -0.139. The molecule has 1 unspecified atom stereocenters. The van der Waals surface area contributed by atoms with Crippen molar-refractivity contribution >= 4 is 17.2 Å². The lowest BCUT2D eigenvalue weighted by Gasteiger charge is -2.32. The van der Waals surface area contributed by atoms with Crippen LogP contribution in [-0.4, -0.2) is 45.0 Å². The highest BCUT2D eigenvalue weighted by Gasteiger charge is 2.29. The summed E-state index contributed by atoms with van der Waals surface area (Å²) in [5.41, 5.74) is 1.10. The second kappa shape index (κ2) is 6.64. The highest BCUT2D eigenvalue weighted by atomic mass is 32.1. The highest BCUT2D eigenvalue weighted by molar-refractivity contribution is 7.09. The van der Waals surface area contributed by atoms with Crippen molar-refractivity contribution in [3.63, 3.8) is 0 Å². The van der Waals surface area contributed by atoms with Gasteiger partial charge < -0.3 is 14.2 Å². The van der Waals surface area contributed by atoms with E-state index in [2.05, 4.69) is 31.1 Å². The van der Waals surface area contributed by atoms with Crippen LogP contribution in [0.4, 0.5) is 0 Å². The van der Waals surface area contributed by atoms with Crippen LogP contribution in [0, 0.1) is 6.92 Å². The van der Waals surface area contributed by atoms with Crippen molar-refractivity contribution in [1.29, 1.82) is 0 Å². The van der Waals surface area contributed by atoms with Crippen LogP contribution >= 0.6 is 11.3 Å². The van der Waals surface area contributed by atoms with Crippen LogP contribution in [0.15, 0.2) is 17.8 Å². The minimum absolute atomic E-state index is 0.0257. The van der Waals surface area contributed by atoms with Crippen molar-refractivity contribution in [1.82, 2.24) is 19.4 Å². The van der Waals surface area contributed by atoms with Crippen molar-refractivity contribution in [2.75, 3.05) is 19.7 Å². The van der Waals surface area contributed by atoms with Crippen LogP contribution in [-0.2, 0) is 21.5 Å². The summed E-state index contributed by atoms with van der Waals surface area (Å²) in [4.78, 5) is 23.3. The van der Waals surface area contributed by atoms with Crippen LogP contribution in [0.2, 0.25) is 0 Å². The Morgan fingerprint density at radius 3 is 2.88 bits per heavy atom. The number of amides is 1. The average Bonchev–Trinajstić information content (AvgIpc) is 3.17. The molecule has 0 N–H and O–H groups in total. The smallest absolute Gasteiger partial charge is 0.242 e. The van der Waals surface area contributed by atoms with Gasteiger partial charge in [-0.1, -0.05) is 20.8 Å². The number of carbonyl (C=O) groups excluding carboxylic acids is 1. The third-order valence-corrected chi connectivity index (χ3v) is 5.15. The maximum Gasteiger partial charge on any atom is 0.242 e. The molecule has 0 aromatic carbocycles. The van der Waals surface area contributed by atoms with Crippen molar-refractivity contribution in [3.8, 4) is 0 Å². The van der Waals surface area contributed by atoms with Gasteiger partial charge in [-0.15, -0.1) is 11.3 Å². The summed E-state index contributed by atoms with van der Waals surface area (Å²) in [6.07, 6.45) is 3.42. The molecule has 0 spiro atoms. The summed E-state index contributed by atoms with van der Waals surface area (Å²) < 4.78 is 7.73. The van der Waals surface area contributed by atoms with E-state index in [-0.39, 0.29) is 17.4 Å². The number of morpholine rings is 1. The molecule has 0 aliphatic carbocycles. The summed E-state index contributed by atoms with van der Waals surface area (Å²) >= 11 is 1.62. The normalized spacial score (nSPS) is 18.8. The Kier molecular flexibility index (Phi) is 4.73. The van der Waals surface area contributed by atoms with Crippen molar-refractivity contribution < 1.29 is 9.53 Å². The van der Waals surface area contributed by atoms with Gasteiger partial charge in [0.05, 0.1) is 18.8 Å². The SMILES string of the molecule is Cc1nccn1CC(=O)N1CCOC(c2nc(C(C)(C)C)cs2)C1. The second-order valence-electron chi connectivity index (χ2n) is 7.12. The van der Waals surface area contributed by atoms with Gasteiger partial charge in [-0.2, -0.15) is 0 Å². The summed E-state index contributed by atoms with van der Waals surface area (Å²) in [5, 5.41) is 3.05. The van der Waals surface area contributed by atoms with Crippen molar-refractivity contribution in [3.05, 3.63) is 34.3 Å². The monoisotopic (exact) mass is 348 g/mol. The van der Waals surface area contributed by atoms with E-state index in [1.165, 1.54) is 0 Å². The van der Waals surface area contributed by atoms with Gasteiger partial charge in [0.1, 0.15) is 23.5 Å². The fourth-order valence-electron chi connectivity index (χ4n) is 2.62. The minimum Gasteiger partial charge on any atom is -0.367 e. The molecule has 6 nitrogen and oxygen atoms in total. The molecule has 2 aromatic rings. The number of hydrogen-bond acceptors (Lipinski definition) is 5. The molecule has 1 amide bonds. The molecule has 1 saturated heterocycles. The number of aromatic nitrogens is 3. The molecule has 3 rings (SSSR count). The topological polar surface area (TPSA) is 60.2 Å². The zero-order valence-electron chi connectivity index (χ0n) is 14.7. The summed E-state index contributed by atoms with van der Waals surface area (Å²) in [6.45, 7) is 10.4. The predicted molar refractivity (Wildman–Crippen MR) is 93.1 cm³/mol. The van der Waals surface area contributed by atoms with Gasteiger partial charge in [0.2, 0.25) is 5.91 Å². The van der Waals surface area contributed by atoms with Crippen LogP contribution in [0.3, 0.4) is 0 Å². The molecule has 0 radical (unpaired) electrons. The molecule has 0 bridgehead atoms. The summed E-state index contributed by atoms with van der Waals surface area (Å²) in [6, 6.07) is 0. The van der Waals surface area contributed by atoms with Gasteiger partial charge in [0.25, 0.3) is 0 Å². The first-order valence-corrected chi connectivity index (χ1v) is 9.05. The number of thiazole rings is 1. The lowest BCUT2D eigenvalue weighted by Crippen LogP contribution is -2.43. The van der Waals surface area contributed by atoms with Crippen LogP contribution in [0.1, 0.15) is 43.4 Å². The standard InChI is InChI=1S/C17H24N4O2S/c1-12-18-5-6-20(12)10-15(22)21-7-8-23-13(9-21)16-19-14(11-24-16)17(2,3)4/h5-6,11,13H,7-10H2,1-4H3. The molecule has 2 aromatic heterocycles. The second-order valence-corrected chi connectivity index (χ2v) is 8.01. The first-order chi connectivity index (χ1) is 11.3. The Hall–Kier alpha value is -1.73. The Balaban J connectivity index is 1.67. The fourth-order valence-corrected chi connectivity index (χ4v) is 3.71. The van der Waals surface area contributed by atoms with Gasteiger partial charge in [-0.05, 0) is 6.92 Å². The van der Waals surface area contributed by atoms with E-state index in [0.717, 1.165) is 16.5 Å². The van der Waals surface area contributed by atoms with Gasteiger partial charge in [0.15, 0.2) is 0 Å². The van der Waals surface area contributed by atoms with E-state index in [4.69, 9.17) is 9.72 Å². The van der Waals surface area contributed by atoms with Gasteiger partial charge in [-0.25, -0.2) is 9.97 Å².